The zero-order valence-electron chi connectivity index (χ0n) is 19.0. The summed E-state index contributed by atoms with van der Waals surface area (Å²) in [6.07, 6.45) is 4.45. The van der Waals surface area contributed by atoms with Gasteiger partial charge in [-0.1, -0.05) is 25.5 Å². The highest BCUT2D eigenvalue weighted by Crippen LogP contribution is 2.22. The number of nitrogens with one attached hydrogen (secondary N) is 3. The summed E-state index contributed by atoms with van der Waals surface area (Å²) in [4.78, 5) is 17.6. The molecule has 3 rings (SSSR count). The van der Waals surface area contributed by atoms with Crippen LogP contribution in [0.1, 0.15) is 61.9 Å². The van der Waals surface area contributed by atoms with E-state index in [1.54, 1.807) is 0 Å². The zero-order chi connectivity index (χ0) is 22.2. The molecule has 2 heterocycles. The molecule has 31 heavy (non-hydrogen) atoms. The number of nitrogens with two attached hydrogens (primary N) is 1. The smallest absolute Gasteiger partial charge is 0.256 e. The zero-order valence-corrected chi connectivity index (χ0v) is 19.0. The van der Waals surface area contributed by atoms with Crippen LogP contribution in [0.15, 0.2) is 24.3 Å². The van der Waals surface area contributed by atoms with Crippen LogP contribution in [0.5, 0.6) is 0 Å². The molecule has 7 heteroatoms. The fourth-order valence-electron chi connectivity index (χ4n) is 3.92. The first-order chi connectivity index (χ1) is 15.0. The minimum Gasteiger partial charge on any atom is -0.381 e. The number of ether oxygens (including phenoxy) is 1. The number of carbonyl (C=O) groups excluding carboxylic acids is 1. The molecule has 1 aliphatic rings. The molecule has 0 spiro atoms. The first kappa shape index (κ1) is 23.4. The molecule has 1 aliphatic heterocycles. The SMILES string of the molecule is CCC(N)NC(=O)c1cc2cc(C)ccc2nc1NCCC(CC)NC1CCOCC1. The fraction of sp³-hybridized carbons (Fsp3) is 0.583. The van der Waals surface area contributed by atoms with Gasteiger partial charge in [0, 0.05) is 37.2 Å². The molecule has 2 unspecified atom stereocenters. The fourth-order valence-corrected chi connectivity index (χ4v) is 3.92. The standard InChI is InChI=1S/C24H37N5O2/c1-4-18(27-19-9-12-31-13-10-19)8-11-26-23-20(24(30)29-22(25)5-2)15-17-14-16(3)6-7-21(17)28-23/h6-7,14-15,18-19,22,27H,4-5,8-13,25H2,1-3H3,(H,26,28)(H,29,30). The van der Waals surface area contributed by atoms with Crippen LogP contribution < -0.4 is 21.7 Å². The van der Waals surface area contributed by atoms with Crippen molar-refractivity contribution < 1.29 is 9.53 Å². The summed E-state index contributed by atoms with van der Waals surface area (Å²) in [6.45, 7) is 8.60. The summed E-state index contributed by atoms with van der Waals surface area (Å²) in [6, 6.07) is 8.94. The number of nitrogens with zero attached hydrogens (tertiary/aromatic N) is 1. The Morgan fingerprint density at radius 1 is 1.23 bits per heavy atom. The third-order valence-electron chi connectivity index (χ3n) is 5.94. The first-order valence-corrected chi connectivity index (χ1v) is 11.6. The van der Waals surface area contributed by atoms with Gasteiger partial charge in [0.25, 0.3) is 5.91 Å². The second kappa shape index (κ2) is 11.4. The van der Waals surface area contributed by atoms with Gasteiger partial charge in [-0.25, -0.2) is 4.98 Å². The van der Waals surface area contributed by atoms with Crippen molar-refractivity contribution in [3.63, 3.8) is 0 Å². The lowest BCUT2D eigenvalue weighted by Crippen LogP contribution is -2.42. The Morgan fingerprint density at radius 3 is 2.71 bits per heavy atom. The van der Waals surface area contributed by atoms with Gasteiger partial charge in [0.15, 0.2) is 0 Å². The van der Waals surface area contributed by atoms with Crippen LogP contribution in [-0.4, -0.2) is 48.9 Å². The van der Waals surface area contributed by atoms with E-state index in [2.05, 4.69) is 22.9 Å². The maximum atomic E-state index is 12.9. The molecule has 1 aromatic heterocycles. The highest BCUT2D eigenvalue weighted by Gasteiger charge is 2.19. The predicted molar refractivity (Wildman–Crippen MR) is 126 cm³/mol. The van der Waals surface area contributed by atoms with Gasteiger partial charge in [0.05, 0.1) is 17.2 Å². The highest BCUT2D eigenvalue weighted by atomic mass is 16.5. The van der Waals surface area contributed by atoms with E-state index < -0.39 is 0 Å². The molecule has 1 aromatic carbocycles. The summed E-state index contributed by atoms with van der Waals surface area (Å²) in [5.41, 5.74) is 8.50. The van der Waals surface area contributed by atoms with Crippen molar-refractivity contribution in [1.82, 2.24) is 15.6 Å². The maximum Gasteiger partial charge on any atom is 0.256 e. The number of hydrogen-bond donors (Lipinski definition) is 4. The Hall–Kier alpha value is -2.22. The number of benzene rings is 1. The van der Waals surface area contributed by atoms with Crippen molar-refractivity contribution in [1.29, 1.82) is 0 Å². The molecule has 2 aromatic rings. The number of amides is 1. The lowest BCUT2D eigenvalue weighted by Gasteiger charge is -2.28. The topological polar surface area (TPSA) is 101 Å². The normalized spacial score (nSPS) is 16.8. The number of hydrogen-bond acceptors (Lipinski definition) is 6. The minimum atomic E-state index is -0.373. The number of aryl methyl sites for hydroxylation is 1. The maximum absolute atomic E-state index is 12.9. The summed E-state index contributed by atoms with van der Waals surface area (Å²) < 4.78 is 5.46. The second-order valence-electron chi connectivity index (χ2n) is 8.44. The first-order valence-electron chi connectivity index (χ1n) is 11.6. The molecule has 0 saturated carbocycles. The number of fused-ring (bicyclic) bond motifs is 1. The minimum absolute atomic E-state index is 0.194. The van der Waals surface area contributed by atoms with Crippen LogP contribution in [0.4, 0.5) is 5.82 Å². The summed E-state index contributed by atoms with van der Waals surface area (Å²) in [5, 5.41) is 11.0. The quantitative estimate of drug-likeness (QED) is 0.434. The van der Waals surface area contributed by atoms with Gasteiger partial charge in [-0.2, -0.15) is 0 Å². The molecule has 0 bridgehead atoms. The van der Waals surface area contributed by atoms with Crippen molar-refractivity contribution in [3.05, 3.63) is 35.4 Å². The molecule has 5 N–H and O–H groups in total. The predicted octanol–water partition coefficient (Wildman–Crippen LogP) is 3.32. The number of carbonyl (C=O) groups is 1. The number of rotatable bonds is 10. The average molecular weight is 428 g/mol. The number of aromatic nitrogens is 1. The van der Waals surface area contributed by atoms with Crippen molar-refractivity contribution >= 4 is 22.6 Å². The molecule has 0 aliphatic carbocycles. The Bertz CT molecular complexity index is 866. The molecule has 2 atom stereocenters. The molecule has 1 fully saturated rings. The van der Waals surface area contributed by atoms with Crippen LogP contribution in [0, 0.1) is 6.92 Å². The largest absolute Gasteiger partial charge is 0.381 e. The molecule has 170 valence electrons. The summed E-state index contributed by atoms with van der Waals surface area (Å²) in [7, 11) is 0. The molecule has 0 radical (unpaired) electrons. The lowest BCUT2D eigenvalue weighted by molar-refractivity contribution is 0.0745. The van der Waals surface area contributed by atoms with Crippen LogP contribution in [0.3, 0.4) is 0 Å². The molecular formula is C24H37N5O2. The van der Waals surface area contributed by atoms with Crippen LogP contribution >= 0.6 is 0 Å². The molecule has 1 amide bonds. The van der Waals surface area contributed by atoms with Gasteiger partial charge in [0.2, 0.25) is 0 Å². The van der Waals surface area contributed by atoms with Crippen molar-refractivity contribution in [2.45, 2.75) is 71.1 Å². The van der Waals surface area contributed by atoms with Crippen molar-refractivity contribution in [2.24, 2.45) is 5.73 Å². The van der Waals surface area contributed by atoms with Crippen LogP contribution in [-0.2, 0) is 4.74 Å². The van der Waals surface area contributed by atoms with Gasteiger partial charge >= 0.3 is 0 Å². The summed E-state index contributed by atoms with van der Waals surface area (Å²) in [5.74, 6) is 0.415. The van der Waals surface area contributed by atoms with Gasteiger partial charge in [0.1, 0.15) is 5.82 Å². The Kier molecular flexibility index (Phi) is 8.63. The Balaban J connectivity index is 1.71. The monoisotopic (exact) mass is 427 g/mol. The van der Waals surface area contributed by atoms with E-state index in [9.17, 15) is 4.79 Å². The van der Waals surface area contributed by atoms with Gasteiger partial charge < -0.3 is 26.4 Å². The molecule has 1 saturated heterocycles. The lowest BCUT2D eigenvalue weighted by atomic mass is 10.0. The van der Waals surface area contributed by atoms with E-state index in [4.69, 9.17) is 15.5 Å². The Labute approximate surface area is 185 Å². The van der Waals surface area contributed by atoms with Crippen LogP contribution in [0.2, 0.25) is 0 Å². The number of pyridine rings is 1. The average Bonchev–Trinajstić information content (AvgIpc) is 2.78. The Morgan fingerprint density at radius 2 is 2.00 bits per heavy atom. The third-order valence-corrected chi connectivity index (χ3v) is 5.94. The van der Waals surface area contributed by atoms with E-state index in [1.165, 1.54) is 0 Å². The van der Waals surface area contributed by atoms with Gasteiger partial charge in [-0.05, 0) is 57.2 Å². The number of anilines is 1. The van der Waals surface area contributed by atoms with Gasteiger partial charge in [-0.15, -0.1) is 0 Å². The van der Waals surface area contributed by atoms with E-state index in [-0.39, 0.29) is 12.1 Å². The van der Waals surface area contributed by atoms with Crippen molar-refractivity contribution in [2.75, 3.05) is 25.1 Å². The third kappa shape index (κ3) is 6.63. The van der Waals surface area contributed by atoms with E-state index in [0.717, 1.165) is 61.9 Å². The second-order valence-corrected chi connectivity index (χ2v) is 8.44. The van der Waals surface area contributed by atoms with Crippen molar-refractivity contribution in [3.8, 4) is 0 Å². The summed E-state index contributed by atoms with van der Waals surface area (Å²) >= 11 is 0. The van der Waals surface area contributed by atoms with E-state index in [1.807, 2.05) is 38.1 Å². The van der Waals surface area contributed by atoms with Gasteiger partial charge in [-0.3, -0.25) is 4.79 Å². The van der Waals surface area contributed by atoms with E-state index >= 15 is 0 Å². The molecule has 7 nitrogen and oxygen atoms in total. The van der Waals surface area contributed by atoms with Crippen LogP contribution in [0.25, 0.3) is 10.9 Å². The van der Waals surface area contributed by atoms with E-state index in [0.29, 0.717) is 29.9 Å². The highest BCUT2D eigenvalue weighted by molar-refractivity contribution is 6.02. The molecular weight excluding hydrogens is 390 g/mol.